The smallest absolute Gasteiger partial charge is 0.319 e. The summed E-state index contributed by atoms with van der Waals surface area (Å²) in [7, 11) is 4.15. The first-order valence-corrected chi connectivity index (χ1v) is 12.5. The maximum Gasteiger partial charge on any atom is 0.319 e. The van der Waals surface area contributed by atoms with Crippen molar-refractivity contribution in [3.8, 4) is 0 Å². The van der Waals surface area contributed by atoms with Crippen LogP contribution in [0.3, 0.4) is 0 Å². The summed E-state index contributed by atoms with van der Waals surface area (Å²) in [5, 5.41) is 12.1. The van der Waals surface area contributed by atoms with E-state index >= 15 is 0 Å². The van der Waals surface area contributed by atoms with E-state index < -0.39 is 0 Å². The van der Waals surface area contributed by atoms with Crippen molar-refractivity contribution in [2.75, 3.05) is 48.0 Å². The second-order valence-corrected chi connectivity index (χ2v) is 9.85. The van der Waals surface area contributed by atoms with Crippen molar-refractivity contribution >= 4 is 40.8 Å². The van der Waals surface area contributed by atoms with E-state index in [1.165, 1.54) is 6.42 Å². The fourth-order valence-electron chi connectivity index (χ4n) is 5.10. The second kappa shape index (κ2) is 10.1. The fraction of sp³-hybridized carbons (Fsp3) is 0.520. The average Bonchev–Trinajstić information content (AvgIpc) is 2.99. The van der Waals surface area contributed by atoms with Crippen molar-refractivity contribution in [3.63, 3.8) is 0 Å². The molecule has 4 N–H and O–H groups in total. The number of nitrogens with one attached hydrogen (secondary N) is 4. The Morgan fingerprint density at radius 3 is 2.63 bits per heavy atom. The molecule has 3 heterocycles. The number of piperidine rings is 1. The van der Waals surface area contributed by atoms with E-state index in [9.17, 15) is 9.59 Å². The molecule has 0 spiro atoms. The highest BCUT2D eigenvalue weighted by molar-refractivity contribution is 6.11. The molecule has 10 heteroatoms. The van der Waals surface area contributed by atoms with Gasteiger partial charge in [-0.2, -0.15) is 4.98 Å². The van der Waals surface area contributed by atoms with Crippen molar-refractivity contribution in [1.82, 2.24) is 20.2 Å². The van der Waals surface area contributed by atoms with Crippen LogP contribution in [0.15, 0.2) is 24.4 Å². The zero-order valence-electron chi connectivity index (χ0n) is 20.4. The van der Waals surface area contributed by atoms with Gasteiger partial charge in [0.2, 0.25) is 5.95 Å². The Kier molecular flexibility index (Phi) is 6.72. The highest BCUT2D eigenvalue weighted by Crippen LogP contribution is 2.34. The molecule has 2 fully saturated rings. The Hall–Kier alpha value is -3.40. The van der Waals surface area contributed by atoms with Crippen LogP contribution >= 0.6 is 0 Å². The molecule has 0 unspecified atom stereocenters. The SMILES string of the molecule is CN1CCC(N(C)c2ncc3c(n2)Nc2ccc(NC(=O)NC4CCCCC4)cc2NC3=O)CC1. The molecule has 1 saturated carbocycles. The van der Waals surface area contributed by atoms with Crippen molar-refractivity contribution < 1.29 is 9.59 Å². The van der Waals surface area contributed by atoms with Gasteiger partial charge in [-0.1, -0.05) is 19.3 Å². The summed E-state index contributed by atoms with van der Waals surface area (Å²) in [6, 6.07) is 5.77. The van der Waals surface area contributed by atoms with Crippen LogP contribution in [0, 0.1) is 0 Å². The lowest BCUT2D eigenvalue weighted by Gasteiger charge is -2.35. The van der Waals surface area contributed by atoms with Gasteiger partial charge >= 0.3 is 6.03 Å². The molecule has 1 aliphatic carbocycles. The third-order valence-electron chi connectivity index (χ3n) is 7.29. The van der Waals surface area contributed by atoms with Crippen LogP contribution in [0.5, 0.6) is 0 Å². The molecule has 2 aromatic rings. The van der Waals surface area contributed by atoms with E-state index in [2.05, 4.69) is 43.1 Å². The number of amides is 3. The molecule has 186 valence electrons. The molecule has 0 radical (unpaired) electrons. The lowest BCUT2D eigenvalue weighted by molar-refractivity contribution is 0.102. The predicted octanol–water partition coefficient (Wildman–Crippen LogP) is 3.77. The van der Waals surface area contributed by atoms with E-state index in [0.29, 0.717) is 40.4 Å². The van der Waals surface area contributed by atoms with Crippen LogP contribution in [0.1, 0.15) is 55.3 Å². The van der Waals surface area contributed by atoms with Crippen molar-refractivity contribution in [2.24, 2.45) is 0 Å². The summed E-state index contributed by atoms with van der Waals surface area (Å²) in [5.41, 5.74) is 2.28. The first-order chi connectivity index (χ1) is 17.0. The minimum absolute atomic E-state index is 0.222. The Balaban J connectivity index is 1.30. The van der Waals surface area contributed by atoms with E-state index in [1.54, 1.807) is 12.3 Å². The number of benzene rings is 1. The Bertz CT molecular complexity index is 1090. The highest BCUT2D eigenvalue weighted by Gasteiger charge is 2.26. The highest BCUT2D eigenvalue weighted by atomic mass is 16.2. The van der Waals surface area contributed by atoms with Gasteiger partial charge in [-0.15, -0.1) is 0 Å². The van der Waals surface area contributed by atoms with E-state index in [-0.39, 0.29) is 18.0 Å². The first-order valence-electron chi connectivity index (χ1n) is 12.5. The molecule has 1 aromatic heterocycles. The number of likely N-dealkylation sites (tertiary alicyclic amines) is 1. The molecule has 3 amide bonds. The van der Waals surface area contributed by atoms with Gasteiger partial charge in [0.25, 0.3) is 5.91 Å². The number of urea groups is 1. The lowest BCUT2D eigenvalue weighted by Crippen LogP contribution is -2.42. The third-order valence-corrected chi connectivity index (χ3v) is 7.29. The molecule has 1 saturated heterocycles. The lowest BCUT2D eigenvalue weighted by atomic mass is 9.96. The molecule has 0 bridgehead atoms. The zero-order chi connectivity index (χ0) is 24.4. The molecular weight excluding hydrogens is 444 g/mol. The zero-order valence-corrected chi connectivity index (χ0v) is 20.4. The van der Waals surface area contributed by atoms with Crippen molar-refractivity contribution in [3.05, 3.63) is 30.0 Å². The number of hydrogen-bond acceptors (Lipinski definition) is 7. The molecule has 35 heavy (non-hydrogen) atoms. The number of aromatic nitrogens is 2. The number of hydrogen-bond donors (Lipinski definition) is 4. The molecule has 1 aromatic carbocycles. The van der Waals surface area contributed by atoms with Crippen molar-refractivity contribution in [2.45, 2.75) is 57.0 Å². The molecule has 2 aliphatic heterocycles. The van der Waals surface area contributed by atoms with Crippen LogP contribution in [-0.4, -0.2) is 66.1 Å². The van der Waals surface area contributed by atoms with Crippen LogP contribution in [0.2, 0.25) is 0 Å². The number of rotatable bonds is 4. The molecular formula is C25H34N8O2. The molecule has 3 aliphatic rings. The van der Waals surface area contributed by atoms with Crippen molar-refractivity contribution in [1.29, 1.82) is 0 Å². The summed E-state index contributed by atoms with van der Waals surface area (Å²) in [6.45, 7) is 2.09. The van der Waals surface area contributed by atoms with E-state index in [4.69, 9.17) is 4.98 Å². The van der Waals surface area contributed by atoms with Gasteiger partial charge in [-0.25, -0.2) is 9.78 Å². The maximum absolute atomic E-state index is 12.9. The van der Waals surface area contributed by atoms with Crippen LogP contribution in [0.25, 0.3) is 0 Å². The Morgan fingerprint density at radius 1 is 1.09 bits per heavy atom. The summed E-state index contributed by atoms with van der Waals surface area (Å²) in [6.07, 6.45) is 9.26. The number of nitrogens with zero attached hydrogens (tertiary/aromatic N) is 4. The predicted molar refractivity (Wildman–Crippen MR) is 138 cm³/mol. The van der Waals surface area contributed by atoms with Crippen LogP contribution in [-0.2, 0) is 0 Å². The summed E-state index contributed by atoms with van der Waals surface area (Å²) >= 11 is 0. The number of carbonyl (C=O) groups is 2. The molecule has 5 rings (SSSR count). The molecule has 10 nitrogen and oxygen atoms in total. The minimum Gasteiger partial charge on any atom is -0.341 e. The standard InChI is InChI=1S/C25H34N8O2/c1-32-12-10-18(11-13-32)33(2)24-26-15-19-22(31-24)29-20-9-8-17(14-21(20)30-23(19)34)28-25(35)27-16-6-4-3-5-7-16/h8-9,14-16,18H,3-7,10-13H2,1-2H3,(H,30,34)(H,26,29,31)(H2,27,28,35). The average molecular weight is 479 g/mol. The number of carbonyl (C=O) groups excluding carboxylic acids is 2. The van der Waals surface area contributed by atoms with Gasteiger partial charge in [0, 0.05) is 31.0 Å². The van der Waals surface area contributed by atoms with Crippen LogP contribution in [0.4, 0.5) is 33.6 Å². The van der Waals surface area contributed by atoms with Gasteiger partial charge in [-0.05, 0) is 64.0 Å². The van der Waals surface area contributed by atoms with Crippen LogP contribution < -0.4 is 26.2 Å². The first kappa shape index (κ1) is 23.3. The van der Waals surface area contributed by atoms with E-state index in [0.717, 1.165) is 51.6 Å². The van der Waals surface area contributed by atoms with Gasteiger partial charge in [-0.3, -0.25) is 4.79 Å². The van der Waals surface area contributed by atoms with Gasteiger partial charge in [0.15, 0.2) is 0 Å². The molecule has 0 atom stereocenters. The summed E-state index contributed by atoms with van der Waals surface area (Å²) < 4.78 is 0. The summed E-state index contributed by atoms with van der Waals surface area (Å²) in [4.78, 5) is 39.0. The monoisotopic (exact) mass is 478 g/mol. The van der Waals surface area contributed by atoms with Gasteiger partial charge in [0.05, 0.1) is 11.4 Å². The second-order valence-electron chi connectivity index (χ2n) is 9.85. The largest absolute Gasteiger partial charge is 0.341 e. The number of anilines is 5. The topological polar surface area (TPSA) is 115 Å². The Labute approximate surface area is 205 Å². The van der Waals surface area contributed by atoms with Gasteiger partial charge < -0.3 is 31.1 Å². The maximum atomic E-state index is 12.9. The van der Waals surface area contributed by atoms with Gasteiger partial charge in [0.1, 0.15) is 11.4 Å². The third kappa shape index (κ3) is 5.32. The quantitative estimate of drug-likeness (QED) is 0.529. The Morgan fingerprint density at radius 2 is 1.86 bits per heavy atom. The fourth-order valence-corrected chi connectivity index (χ4v) is 5.10. The minimum atomic E-state index is -0.288. The van der Waals surface area contributed by atoms with E-state index in [1.807, 2.05) is 19.2 Å². The number of fused-ring (bicyclic) bond motifs is 2. The summed E-state index contributed by atoms with van der Waals surface area (Å²) in [5.74, 6) is 0.782. The normalized spacial score (nSPS) is 19.0.